The first-order chi connectivity index (χ1) is 11.5. The molecular formula is C18H22N2O4. The maximum absolute atomic E-state index is 12.4. The molecule has 0 atom stereocenters. The van der Waals surface area contributed by atoms with E-state index < -0.39 is 5.63 Å². The number of hydrogen-bond acceptors (Lipinski definition) is 4. The van der Waals surface area contributed by atoms with E-state index in [-0.39, 0.29) is 17.5 Å². The van der Waals surface area contributed by atoms with Crippen LogP contribution in [0.25, 0.3) is 0 Å². The summed E-state index contributed by atoms with van der Waals surface area (Å²) in [6.07, 6.45) is 6.61. The van der Waals surface area contributed by atoms with Gasteiger partial charge in [-0.2, -0.15) is 0 Å². The molecule has 1 saturated carbocycles. The third kappa shape index (κ3) is 3.27. The molecule has 2 N–H and O–H groups in total. The van der Waals surface area contributed by atoms with Gasteiger partial charge in [-0.3, -0.25) is 9.59 Å². The van der Waals surface area contributed by atoms with Gasteiger partial charge in [0.1, 0.15) is 11.4 Å². The Morgan fingerprint density at radius 2 is 2.04 bits per heavy atom. The molecule has 3 rings (SSSR count). The Bertz CT molecular complexity index is 757. The number of nitrogens with one attached hydrogen (secondary N) is 2. The number of carbonyl (C=O) groups is 2. The van der Waals surface area contributed by atoms with E-state index >= 15 is 0 Å². The van der Waals surface area contributed by atoms with Crippen LogP contribution in [-0.4, -0.2) is 11.8 Å². The molecule has 2 heterocycles. The third-order valence-electron chi connectivity index (χ3n) is 4.77. The molecule has 24 heavy (non-hydrogen) atoms. The minimum atomic E-state index is -0.604. The number of carbonyl (C=O) groups excluding carboxylic acids is 2. The fraction of sp³-hybridized carbons (Fsp3) is 0.500. The van der Waals surface area contributed by atoms with Gasteiger partial charge in [0.2, 0.25) is 5.91 Å². The summed E-state index contributed by atoms with van der Waals surface area (Å²) in [6.45, 7) is 5.07. The minimum Gasteiger partial charge on any atom is -0.425 e. The van der Waals surface area contributed by atoms with Crippen LogP contribution in [0.5, 0.6) is 0 Å². The lowest BCUT2D eigenvalue weighted by Gasteiger charge is -2.22. The van der Waals surface area contributed by atoms with Crippen LogP contribution in [0.4, 0.5) is 5.69 Å². The number of amides is 2. The highest BCUT2D eigenvalue weighted by Crippen LogP contribution is 2.32. The summed E-state index contributed by atoms with van der Waals surface area (Å²) in [6, 6.07) is 0. The highest BCUT2D eigenvalue weighted by molar-refractivity contribution is 6.01. The second kappa shape index (κ2) is 6.63. The zero-order chi connectivity index (χ0) is 17.3. The van der Waals surface area contributed by atoms with Crippen molar-refractivity contribution in [1.29, 1.82) is 0 Å². The van der Waals surface area contributed by atoms with Crippen LogP contribution in [0.2, 0.25) is 0 Å². The summed E-state index contributed by atoms with van der Waals surface area (Å²) in [5, 5.41) is 5.25. The Labute approximate surface area is 140 Å². The molecule has 1 aliphatic carbocycles. The SMILES string of the molecule is C=C1Cc2oc(=O)c(NC(C)=O)c(CCC3CCCC3)c2C(=O)N1. The molecule has 6 nitrogen and oxygen atoms in total. The summed E-state index contributed by atoms with van der Waals surface area (Å²) in [4.78, 5) is 36.2. The fourth-order valence-corrected chi connectivity index (χ4v) is 3.68. The molecule has 2 amide bonds. The lowest BCUT2D eigenvalue weighted by atomic mass is 9.92. The molecule has 6 heteroatoms. The molecule has 1 aromatic heterocycles. The number of fused-ring (bicyclic) bond motifs is 1. The van der Waals surface area contributed by atoms with Crippen LogP contribution in [0, 0.1) is 5.92 Å². The van der Waals surface area contributed by atoms with E-state index in [9.17, 15) is 14.4 Å². The van der Waals surface area contributed by atoms with Gasteiger partial charge in [-0.15, -0.1) is 0 Å². The molecule has 0 unspecified atom stereocenters. The predicted octanol–water partition coefficient (Wildman–Crippen LogP) is 2.52. The second-order valence-corrected chi connectivity index (χ2v) is 6.65. The Hall–Kier alpha value is -2.37. The summed E-state index contributed by atoms with van der Waals surface area (Å²) in [5.41, 5.74) is 0.969. The van der Waals surface area contributed by atoms with Crippen LogP contribution in [-0.2, 0) is 17.6 Å². The van der Waals surface area contributed by atoms with E-state index in [2.05, 4.69) is 17.2 Å². The summed E-state index contributed by atoms with van der Waals surface area (Å²) in [7, 11) is 0. The van der Waals surface area contributed by atoms with Crippen molar-refractivity contribution in [1.82, 2.24) is 5.32 Å². The smallest absolute Gasteiger partial charge is 0.360 e. The van der Waals surface area contributed by atoms with Crippen LogP contribution in [0.3, 0.4) is 0 Å². The van der Waals surface area contributed by atoms with Crippen molar-refractivity contribution >= 4 is 17.5 Å². The Kier molecular flexibility index (Phi) is 4.55. The lowest BCUT2D eigenvalue weighted by molar-refractivity contribution is -0.114. The average Bonchev–Trinajstić information content (AvgIpc) is 2.99. The van der Waals surface area contributed by atoms with Crippen molar-refractivity contribution in [2.24, 2.45) is 5.92 Å². The highest BCUT2D eigenvalue weighted by Gasteiger charge is 2.29. The van der Waals surface area contributed by atoms with Gasteiger partial charge in [-0.05, 0) is 24.3 Å². The van der Waals surface area contributed by atoms with Crippen LogP contribution >= 0.6 is 0 Å². The van der Waals surface area contributed by atoms with Gasteiger partial charge < -0.3 is 15.1 Å². The van der Waals surface area contributed by atoms with Crippen LogP contribution in [0.15, 0.2) is 21.5 Å². The van der Waals surface area contributed by atoms with Gasteiger partial charge in [0.05, 0.1) is 5.56 Å². The number of rotatable bonds is 4. The Balaban J connectivity index is 2.03. The topological polar surface area (TPSA) is 88.4 Å². The normalized spacial score (nSPS) is 17.5. The van der Waals surface area contributed by atoms with E-state index in [1.54, 1.807) is 0 Å². The number of anilines is 1. The third-order valence-corrected chi connectivity index (χ3v) is 4.77. The zero-order valence-corrected chi connectivity index (χ0v) is 13.9. The number of hydrogen-bond donors (Lipinski definition) is 2. The second-order valence-electron chi connectivity index (χ2n) is 6.65. The number of allylic oxidation sites excluding steroid dienone is 1. The Morgan fingerprint density at radius 1 is 1.33 bits per heavy atom. The maximum atomic E-state index is 12.4. The fourth-order valence-electron chi connectivity index (χ4n) is 3.68. The van der Waals surface area contributed by atoms with Gasteiger partial charge >= 0.3 is 5.63 Å². The minimum absolute atomic E-state index is 0.0990. The highest BCUT2D eigenvalue weighted by atomic mass is 16.4. The molecular weight excluding hydrogens is 308 g/mol. The van der Waals surface area contributed by atoms with Crippen LogP contribution < -0.4 is 16.3 Å². The van der Waals surface area contributed by atoms with Crippen molar-refractivity contribution in [3.63, 3.8) is 0 Å². The van der Waals surface area contributed by atoms with Gasteiger partial charge in [0, 0.05) is 19.0 Å². The first-order valence-corrected chi connectivity index (χ1v) is 8.41. The molecule has 1 aromatic rings. The monoisotopic (exact) mass is 330 g/mol. The van der Waals surface area contributed by atoms with Crippen LogP contribution in [0.1, 0.15) is 60.7 Å². The largest absolute Gasteiger partial charge is 0.425 e. The summed E-state index contributed by atoms with van der Waals surface area (Å²) in [5.74, 6) is 0.270. The molecule has 128 valence electrons. The molecule has 0 saturated heterocycles. The van der Waals surface area contributed by atoms with E-state index in [1.807, 2.05) is 0 Å². The molecule has 1 aliphatic heterocycles. The van der Waals surface area contributed by atoms with Crippen molar-refractivity contribution in [3.8, 4) is 0 Å². The van der Waals surface area contributed by atoms with Crippen molar-refractivity contribution in [3.05, 3.63) is 39.6 Å². The van der Waals surface area contributed by atoms with E-state index in [0.717, 1.165) is 6.42 Å². The van der Waals surface area contributed by atoms with Gasteiger partial charge in [0.15, 0.2) is 0 Å². The van der Waals surface area contributed by atoms with Crippen molar-refractivity contribution in [2.75, 3.05) is 5.32 Å². The molecule has 0 radical (unpaired) electrons. The molecule has 2 aliphatic rings. The van der Waals surface area contributed by atoms with Gasteiger partial charge in [-0.1, -0.05) is 32.3 Å². The van der Waals surface area contributed by atoms with E-state index in [4.69, 9.17) is 4.42 Å². The summed E-state index contributed by atoms with van der Waals surface area (Å²) < 4.78 is 5.29. The lowest BCUT2D eigenvalue weighted by Crippen LogP contribution is -2.33. The van der Waals surface area contributed by atoms with Crippen molar-refractivity contribution in [2.45, 2.75) is 51.9 Å². The first kappa shape index (κ1) is 16.5. The molecule has 0 bridgehead atoms. The van der Waals surface area contributed by atoms with E-state index in [0.29, 0.717) is 41.3 Å². The predicted molar refractivity (Wildman–Crippen MR) is 89.9 cm³/mol. The van der Waals surface area contributed by atoms with Gasteiger partial charge in [0.25, 0.3) is 5.91 Å². The van der Waals surface area contributed by atoms with Gasteiger partial charge in [-0.25, -0.2) is 4.79 Å². The average molecular weight is 330 g/mol. The zero-order valence-electron chi connectivity index (χ0n) is 13.9. The molecule has 0 spiro atoms. The molecule has 1 fully saturated rings. The standard InChI is InChI=1S/C18H22N2O4/c1-10-9-14-15(17(22)19-10)13(8-7-12-5-3-4-6-12)16(18(23)24-14)20-11(2)21/h12H,1,3-9H2,2H3,(H,19,22)(H,20,21). The Morgan fingerprint density at radius 3 is 2.71 bits per heavy atom. The quantitative estimate of drug-likeness (QED) is 0.888. The van der Waals surface area contributed by atoms with Crippen molar-refractivity contribution < 1.29 is 14.0 Å². The van der Waals surface area contributed by atoms with E-state index in [1.165, 1.54) is 32.6 Å². The summed E-state index contributed by atoms with van der Waals surface area (Å²) >= 11 is 0. The molecule has 0 aromatic carbocycles. The first-order valence-electron chi connectivity index (χ1n) is 8.41. The maximum Gasteiger partial charge on any atom is 0.360 e.